The summed E-state index contributed by atoms with van der Waals surface area (Å²) < 4.78 is 79.0. The van der Waals surface area contributed by atoms with Crippen LogP contribution in [0.1, 0.15) is 23.5 Å². The van der Waals surface area contributed by atoms with E-state index in [0.29, 0.717) is 26.3 Å². The Morgan fingerprint density at radius 2 is 1.81 bits per heavy atom. The van der Waals surface area contributed by atoms with Gasteiger partial charge in [0.2, 0.25) is 5.91 Å². The summed E-state index contributed by atoms with van der Waals surface area (Å²) in [7, 11) is 0. The minimum atomic E-state index is -5.00. The summed E-state index contributed by atoms with van der Waals surface area (Å²) in [4.78, 5) is 25.4. The van der Waals surface area contributed by atoms with Gasteiger partial charge in [-0.05, 0) is 42.3 Å². The molecule has 2 aromatic carbocycles. The van der Waals surface area contributed by atoms with E-state index in [4.69, 9.17) is 11.6 Å². The van der Waals surface area contributed by atoms with Crippen LogP contribution in [0.4, 0.5) is 26.3 Å². The highest BCUT2D eigenvalue weighted by Gasteiger charge is 2.41. The SMILES string of the molecule is O=C(Cn1nc(-c2ccc(Cl)cc2)n(CC(O)C(F)(F)F)c1=O)N[C@@H]1C[C@@H]1c1cccc(C(F)(F)F)c1. The highest BCUT2D eigenvalue weighted by atomic mass is 35.5. The Morgan fingerprint density at radius 1 is 1.14 bits per heavy atom. The number of aliphatic hydroxyl groups excluding tert-OH is 1. The number of halogens is 7. The van der Waals surface area contributed by atoms with Gasteiger partial charge in [-0.15, -0.1) is 5.10 Å². The standard InChI is InChI=1S/C23H19ClF6N4O3/c24-15-6-4-12(5-7-15)20-32-34(21(37)33(20)10-18(35)23(28,29)30)11-19(36)31-17-9-16(17)13-2-1-3-14(8-13)22(25,26)27/h1-8,16-18,35H,9-11H2,(H,31,36)/t16-,17-,18?/m1/s1. The largest absolute Gasteiger partial charge is 0.416 e. The summed E-state index contributed by atoms with van der Waals surface area (Å²) in [5, 5.41) is 16.4. The van der Waals surface area contributed by atoms with Crippen LogP contribution < -0.4 is 11.0 Å². The number of amides is 1. The van der Waals surface area contributed by atoms with Crippen LogP contribution in [0.25, 0.3) is 11.4 Å². The van der Waals surface area contributed by atoms with Crippen LogP contribution in [0.15, 0.2) is 53.3 Å². The number of nitrogens with zero attached hydrogens (tertiary/aromatic N) is 3. The molecule has 0 aliphatic heterocycles. The van der Waals surface area contributed by atoms with Crippen LogP contribution in [0.5, 0.6) is 0 Å². The maximum absolute atomic E-state index is 13.0. The van der Waals surface area contributed by atoms with Crippen molar-refractivity contribution in [3.05, 3.63) is 75.2 Å². The number of carbonyl (C=O) groups excluding carboxylic acids is 1. The van der Waals surface area contributed by atoms with Gasteiger partial charge in [0.25, 0.3) is 0 Å². The molecular formula is C23H19ClF6N4O3. The third kappa shape index (κ3) is 6.16. The molecule has 37 heavy (non-hydrogen) atoms. The van der Waals surface area contributed by atoms with E-state index in [-0.39, 0.29) is 17.3 Å². The number of aromatic nitrogens is 3. The van der Waals surface area contributed by atoms with Gasteiger partial charge in [-0.25, -0.2) is 9.48 Å². The molecule has 0 radical (unpaired) electrons. The molecule has 0 bridgehead atoms. The molecule has 1 unspecified atom stereocenters. The van der Waals surface area contributed by atoms with Crippen LogP contribution in [0, 0.1) is 0 Å². The number of benzene rings is 2. The summed E-state index contributed by atoms with van der Waals surface area (Å²) in [6, 6.07) is 9.94. The molecule has 1 fully saturated rings. The number of aliphatic hydroxyl groups is 1. The Kier molecular flexibility index (Phi) is 7.12. The van der Waals surface area contributed by atoms with E-state index in [1.807, 2.05) is 0 Å². The van der Waals surface area contributed by atoms with Gasteiger partial charge < -0.3 is 10.4 Å². The Hall–Kier alpha value is -3.32. The summed E-state index contributed by atoms with van der Waals surface area (Å²) in [6.45, 7) is -1.80. The van der Waals surface area contributed by atoms with Crippen molar-refractivity contribution in [2.75, 3.05) is 0 Å². The summed E-state index contributed by atoms with van der Waals surface area (Å²) in [5.41, 5.74) is -1.25. The minimum Gasteiger partial charge on any atom is -0.382 e. The highest BCUT2D eigenvalue weighted by molar-refractivity contribution is 6.30. The lowest BCUT2D eigenvalue weighted by atomic mass is 10.1. The van der Waals surface area contributed by atoms with Crippen LogP contribution >= 0.6 is 11.6 Å². The lowest BCUT2D eigenvalue weighted by molar-refractivity contribution is -0.207. The quantitative estimate of drug-likeness (QED) is 0.437. The lowest BCUT2D eigenvalue weighted by Gasteiger charge is -2.15. The van der Waals surface area contributed by atoms with Gasteiger partial charge in [0.1, 0.15) is 6.54 Å². The number of hydrogen-bond acceptors (Lipinski definition) is 4. The molecule has 1 heterocycles. The number of rotatable bonds is 7. The first-order valence-corrected chi connectivity index (χ1v) is 11.3. The van der Waals surface area contributed by atoms with Gasteiger partial charge in [0, 0.05) is 22.5 Å². The molecule has 3 atom stereocenters. The van der Waals surface area contributed by atoms with Gasteiger partial charge in [0.15, 0.2) is 11.9 Å². The molecular weight excluding hydrogens is 530 g/mol. The maximum Gasteiger partial charge on any atom is 0.416 e. The zero-order valence-corrected chi connectivity index (χ0v) is 19.5. The average Bonchev–Trinajstić information content (AvgIpc) is 3.51. The molecule has 2 N–H and O–H groups in total. The van der Waals surface area contributed by atoms with E-state index in [1.165, 1.54) is 36.4 Å². The van der Waals surface area contributed by atoms with Crippen molar-refractivity contribution in [2.24, 2.45) is 0 Å². The molecule has 14 heteroatoms. The molecule has 1 saturated carbocycles. The van der Waals surface area contributed by atoms with Crippen LogP contribution in [0.2, 0.25) is 5.02 Å². The predicted molar refractivity (Wildman–Crippen MR) is 120 cm³/mol. The van der Waals surface area contributed by atoms with Crippen molar-refractivity contribution in [1.29, 1.82) is 0 Å². The first-order valence-electron chi connectivity index (χ1n) is 10.9. The number of hydrogen-bond donors (Lipinski definition) is 2. The van der Waals surface area contributed by atoms with Gasteiger partial charge >= 0.3 is 18.0 Å². The smallest absolute Gasteiger partial charge is 0.382 e. The van der Waals surface area contributed by atoms with Gasteiger partial charge in [-0.1, -0.05) is 29.8 Å². The van der Waals surface area contributed by atoms with E-state index in [2.05, 4.69) is 10.4 Å². The molecule has 1 aliphatic rings. The van der Waals surface area contributed by atoms with E-state index in [0.717, 1.165) is 12.1 Å². The van der Waals surface area contributed by atoms with Crippen LogP contribution in [0.3, 0.4) is 0 Å². The zero-order chi connectivity index (χ0) is 27.1. The molecule has 1 aliphatic carbocycles. The number of alkyl halides is 6. The van der Waals surface area contributed by atoms with Crippen LogP contribution in [-0.4, -0.2) is 43.7 Å². The van der Waals surface area contributed by atoms with Crippen molar-refractivity contribution in [3.63, 3.8) is 0 Å². The topological polar surface area (TPSA) is 89.2 Å². The van der Waals surface area contributed by atoms with Crippen molar-refractivity contribution in [2.45, 2.75) is 49.9 Å². The fourth-order valence-electron chi connectivity index (χ4n) is 3.85. The fraction of sp³-hybridized carbons (Fsp3) is 0.348. The summed E-state index contributed by atoms with van der Waals surface area (Å²) in [6.07, 6.45) is -12.0. The first-order chi connectivity index (χ1) is 17.2. The predicted octanol–water partition coefficient (Wildman–Crippen LogP) is 3.98. The van der Waals surface area contributed by atoms with Crippen molar-refractivity contribution >= 4 is 17.5 Å². The van der Waals surface area contributed by atoms with Crippen molar-refractivity contribution in [3.8, 4) is 11.4 Å². The normalized spacial score (nSPS) is 18.5. The molecule has 1 amide bonds. The van der Waals surface area contributed by atoms with Gasteiger partial charge in [-0.3, -0.25) is 9.36 Å². The molecule has 198 valence electrons. The molecule has 7 nitrogen and oxygen atoms in total. The fourth-order valence-corrected chi connectivity index (χ4v) is 3.98. The second-order valence-electron chi connectivity index (χ2n) is 8.58. The first kappa shape index (κ1) is 26.7. The van der Waals surface area contributed by atoms with Crippen molar-refractivity contribution in [1.82, 2.24) is 19.7 Å². The van der Waals surface area contributed by atoms with E-state index >= 15 is 0 Å². The second-order valence-corrected chi connectivity index (χ2v) is 9.01. The Morgan fingerprint density at radius 3 is 2.43 bits per heavy atom. The van der Waals surface area contributed by atoms with E-state index < -0.39 is 54.7 Å². The summed E-state index contributed by atoms with van der Waals surface area (Å²) >= 11 is 5.84. The maximum atomic E-state index is 13.0. The van der Waals surface area contributed by atoms with E-state index in [1.54, 1.807) is 0 Å². The Labute approximate surface area is 210 Å². The second kappa shape index (κ2) is 9.86. The molecule has 0 spiro atoms. The molecule has 0 saturated heterocycles. The molecule has 3 aromatic rings. The van der Waals surface area contributed by atoms with Gasteiger partial charge in [0.05, 0.1) is 12.1 Å². The minimum absolute atomic E-state index is 0.217. The molecule has 1 aromatic heterocycles. The average molecular weight is 549 g/mol. The van der Waals surface area contributed by atoms with Gasteiger partial charge in [-0.2, -0.15) is 26.3 Å². The number of carbonyl (C=O) groups is 1. The molecule has 4 rings (SSSR count). The third-order valence-corrected chi connectivity index (χ3v) is 6.08. The highest BCUT2D eigenvalue weighted by Crippen LogP contribution is 2.42. The van der Waals surface area contributed by atoms with E-state index in [9.17, 15) is 41.0 Å². The zero-order valence-electron chi connectivity index (χ0n) is 18.7. The Bertz CT molecular complexity index is 1350. The lowest BCUT2D eigenvalue weighted by Crippen LogP contribution is -2.38. The monoisotopic (exact) mass is 548 g/mol. The van der Waals surface area contributed by atoms with Crippen LogP contribution in [-0.2, 0) is 24.1 Å². The number of nitrogens with one attached hydrogen (secondary N) is 1. The third-order valence-electron chi connectivity index (χ3n) is 5.83. The summed E-state index contributed by atoms with van der Waals surface area (Å²) in [5.74, 6) is -1.27. The Balaban J connectivity index is 1.51. The van der Waals surface area contributed by atoms with Crippen molar-refractivity contribution < 1.29 is 36.2 Å².